The van der Waals surface area contributed by atoms with Crippen molar-refractivity contribution in [3.63, 3.8) is 0 Å². The Morgan fingerprint density at radius 3 is 1.22 bits per heavy atom. The number of rotatable bonds is 71. The van der Waals surface area contributed by atoms with Crippen LogP contribution in [0.2, 0.25) is 0 Å². The number of esters is 2. The number of ether oxygens (including phenoxy) is 11. The molecule has 36 heteroatoms. The average molecular weight is 1810 g/mol. The van der Waals surface area contributed by atoms with Crippen molar-refractivity contribution >= 4 is 74.8 Å². The summed E-state index contributed by atoms with van der Waals surface area (Å²) in [5.74, 6) is -1.94. The number of ketones is 2. The molecule has 17 atom stereocenters. The van der Waals surface area contributed by atoms with Gasteiger partial charge in [-0.1, -0.05) is 93.7 Å². The molecule has 0 aliphatic carbocycles. The molecule has 0 saturated carbocycles. The summed E-state index contributed by atoms with van der Waals surface area (Å²) >= 11 is 0. The number of nitrogens with zero attached hydrogens (tertiary/aromatic N) is 1. The Kier molecular flexibility index (Phi) is 58.7. The SMILES string of the molecule is COC[C@H]1C[C@H](OC)CN1C(=O)CCCCC(=O)CCC(C)(C)SSCCC(=O)CC(CCCOC(=O)CCCCCCCNC(=O)CCCOC1OC(CO)C(O)C(O)C1C)(CCCOC(=O)CCCCCCCNC(=O)CCCOC1OC(CO)C(O)C(O)C1C)CCCOC(=O)NCCCCCCNC(=O)CCCOC1OC(CO)C(O)C(O)C1C. The summed E-state index contributed by atoms with van der Waals surface area (Å²) in [6, 6.07) is -0.0260. The van der Waals surface area contributed by atoms with Crippen molar-refractivity contribution < 1.29 is 141 Å². The summed E-state index contributed by atoms with van der Waals surface area (Å²) in [5.41, 5.74) is -0.660. The Labute approximate surface area is 743 Å². The Balaban J connectivity index is 1.28. The van der Waals surface area contributed by atoms with Gasteiger partial charge in [-0.25, -0.2) is 4.79 Å². The van der Waals surface area contributed by atoms with Gasteiger partial charge in [0.15, 0.2) is 18.9 Å². The average Bonchev–Trinajstić information content (AvgIpc) is 1.17. The maximum atomic E-state index is 14.4. The first kappa shape index (κ1) is 112. The van der Waals surface area contributed by atoms with Crippen LogP contribution in [0.15, 0.2) is 0 Å². The smallest absolute Gasteiger partial charge is 0.407 e. The molecule has 4 rings (SSSR count). The van der Waals surface area contributed by atoms with Gasteiger partial charge in [-0.3, -0.25) is 38.4 Å². The summed E-state index contributed by atoms with van der Waals surface area (Å²) < 4.78 is 61.8. The molecule has 4 fully saturated rings. The van der Waals surface area contributed by atoms with Crippen molar-refractivity contribution in [2.24, 2.45) is 23.2 Å². The first-order chi connectivity index (χ1) is 59.5. The third kappa shape index (κ3) is 45.8. The quantitative estimate of drug-likeness (QED) is 0.0126. The Morgan fingerprint density at radius 1 is 0.419 bits per heavy atom. The van der Waals surface area contributed by atoms with Crippen LogP contribution in [0.25, 0.3) is 0 Å². The van der Waals surface area contributed by atoms with Gasteiger partial charge in [-0.05, 0) is 141 Å². The Bertz CT molecular complexity index is 2750. The van der Waals surface area contributed by atoms with Gasteiger partial charge in [-0.2, -0.15) is 0 Å². The van der Waals surface area contributed by atoms with Gasteiger partial charge in [0.1, 0.15) is 48.2 Å². The highest BCUT2D eigenvalue weighted by Gasteiger charge is 2.46. The van der Waals surface area contributed by atoms with Crippen LogP contribution in [-0.2, 0) is 90.5 Å². The normalized spacial score (nSPS) is 25.1. The molecule has 0 aromatic rings. The highest BCUT2D eigenvalue weighted by Crippen LogP contribution is 2.43. The number of likely N-dealkylation sites (tertiary alicyclic amines) is 1. The van der Waals surface area contributed by atoms with E-state index in [9.17, 15) is 89.1 Å². The molecule has 5 amide bonds. The van der Waals surface area contributed by atoms with Crippen LogP contribution >= 0.6 is 21.6 Å². The highest BCUT2D eigenvalue weighted by atomic mass is 33.1. The first-order valence-corrected chi connectivity index (χ1v) is 48.2. The van der Waals surface area contributed by atoms with Crippen LogP contribution in [0, 0.1) is 23.2 Å². The topological polar surface area (TPSA) is 489 Å². The van der Waals surface area contributed by atoms with Gasteiger partial charge in [0, 0.05) is 139 Å². The number of hydrogen-bond acceptors (Lipinski definition) is 31. The second-order valence-electron chi connectivity index (χ2n) is 34.6. The van der Waals surface area contributed by atoms with E-state index in [4.69, 9.17) is 52.1 Å². The second kappa shape index (κ2) is 65.1. The highest BCUT2D eigenvalue weighted by molar-refractivity contribution is 8.77. The van der Waals surface area contributed by atoms with E-state index in [1.807, 2.05) is 4.90 Å². The van der Waals surface area contributed by atoms with Crippen molar-refractivity contribution in [1.29, 1.82) is 0 Å². The van der Waals surface area contributed by atoms with Crippen molar-refractivity contribution in [2.45, 2.75) is 363 Å². The molecule has 4 heterocycles. The summed E-state index contributed by atoms with van der Waals surface area (Å²) in [4.78, 5) is 120. The number of carbonyl (C=O) groups excluding carboxylic acids is 9. The lowest BCUT2D eigenvalue weighted by atomic mass is 9.71. The van der Waals surface area contributed by atoms with E-state index in [2.05, 4.69) is 35.1 Å². The number of aliphatic hydroxyl groups excluding tert-OH is 9. The number of unbranched alkanes of at least 4 members (excludes halogenated alkanes) is 12. The van der Waals surface area contributed by atoms with Gasteiger partial charge in [0.05, 0.1) is 96.5 Å². The number of carbonyl (C=O) groups is 9. The van der Waals surface area contributed by atoms with Crippen LogP contribution in [-0.4, -0.2) is 314 Å². The van der Waals surface area contributed by atoms with Crippen LogP contribution in [0.4, 0.5) is 4.79 Å². The first-order valence-electron chi connectivity index (χ1n) is 45.9. The second-order valence-corrected chi connectivity index (χ2v) is 37.7. The number of nitrogens with one attached hydrogen (secondary N) is 4. The minimum absolute atomic E-state index is 0.0230. The van der Waals surface area contributed by atoms with Gasteiger partial charge in [0.2, 0.25) is 23.6 Å². The molecule has 0 spiro atoms. The number of aliphatic hydroxyl groups is 9. The molecule has 4 saturated heterocycles. The van der Waals surface area contributed by atoms with Gasteiger partial charge in [0.25, 0.3) is 0 Å². The molecule has 34 nitrogen and oxygen atoms in total. The maximum Gasteiger partial charge on any atom is 0.407 e. The molecule has 0 bridgehead atoms. The summed E-state index contributed by atoms with van der Waals surface area (Å²) in [7, 11) is 6.49. The third-order valence-electron chi connectivity index (χ3n) is 23.6. The molecule has 0 aromatic carbocycles. The van der Waals surface area contributed by atoms with Gasteiger partial charge in [-0.15, -0.1) is 0 Å². The lowest BCUT2D eigenvalue weighted by molar-refractivity contribution is -0.282. The lowest BCUT2D eigenvalue weighted by Crippen LogP contribution is -2.55. The molecule has 0 radical (unpaired) electrons. The fourth-order valence-corrected chi connectivity index (χ4v) is 18.4. The predicted octanol–water partition coefficient (Wildman–Crippen LogP) is 7.01. The third-order valence-corrected chi connectivity index (χ3v) is 27.0. The van der Waals surface area contributed by atoms with E-state index in [-0.39, 0.29) is 149 Å². The summed E-state index contributed by atoms with van der Waals surface area (Å²) in [6.45, 7) is 11.4. The van der Waals surface area contributed by atoms with Crippen LogP contribution in [0.5, 0.6) is 0 Å². The van der Waals surface area contributed by atoms with E-state index in [0.29, 0.717) is 161 Å². The largest absolute Gasteiger partial charge is 0.466 e. The predicted molar refractivity (Wildman–Crippen MR) is 465 cm³/mol. The molecule has 4 aliphatic rings. The molecule has 0 aromatic heterocycles. The van der Waals surface area contributed by atoms with Crippen molar-refractivity contribution in [3.8, 4) is 0 Å². The zero-order chi connectivity index (χ0) is 91.1. The molecule has 15 unspecified atom stereocenters. The monoisotopic (exact) mass is 1810 g/mol. The van der Waals surface area contributed by atoms with Crippen LogP contribution < -0.4 is 21.3 Å². The Hall–Kier alpha value is -4.55. The van der Waals surface area contributed by atoms with E-state index in [0.717, 1.165) is 77.0 Å². The summed E-state index contributed by atoms with van der Waals surface area (Å²) in [5, 5.41) is 101. The number of hydrogen-bond donors (Lipinski definition) is 13. The lowest BCUT2D eigenvalue weighted by Gasteiger charge is -2.40. The fraction of sp³-hybridized carbons (Fsp3) is 0.898. The van der Waals surface area contributed by atoms with Crippen molar-refractivity contribution in [3.05, 3.63) is 0 Å². The minimum Gasteiger partial charge on any atom is -0.466 e. The van der Waals surface area contributed by atoms with Gasteiger partial charge < -0.3 is 124 Å². The van der Waals surface area contributed by atoms with Crippen LogP contribution in [0.3, 0.4) is 0 Å². The minimum atomic E-state index is -1.23. The number of methoxy groups -OCH3 is 2. The molecule has 13 N–H and O–H groups in total. The van der Waals surface area contributed by atoms with Crippen molar-refractivity contribution in [2.75, 3.05) is 119 Å². The molecule has 124 heavy (non-hydrogen) atoms. The molecular formula is C88H157N5O29S2. The molecule has 720 valence electrons. The fourth-order valence-electron chi connectivity index (χ4n) is 15.7. The molecule has 4 aliphatic heterocycles. The maximum absolute atomic E-state index is 14.4. The number of Topliss-reactive ketones (excluding diaryl/α,β-unsaturated/α-hetero) is 2. The van der Waals surface area contributed by atoms with Crippen molar-refractivity contribution in [1.82, 2.24) is 26.2 Å². The zero-order valence-corrected chi connectivity index (χ0v) is 76.9. The zero-order valence-electron chi connectivity index (χ0n) is 75.2. The Morgan fingerprint density at radius 2 is 0.806 bits per heavy atom. The van der Waals surface area contributed by atoms with E-state index >= 15 is 0 Å². The number of alkyl carbamates (subject to hydrolysis) is 1. The molecular weight excluding hydrogens is 1660 g/mol. The standard InChI is InChI=1S/C88H157N5O29S2/c1-61-77(105)80(108)68(57-94)120-83(61)116-47-24-31-71(99)89-43-20-12-8-10-16-35-75(103)114-50-27-39-88(55-66(98)38-53-123-124-87(4,5)42-37-65(97)30-18-19-34-74(102)93-56-67(113-7)54-64(93)60-112-6,40-28-51-115-76(104)36-17-11-9-13-21-44-90-72(100)32-25-48-117-84-62(2)78(106)81(109)69(58-95)121-84)41-29-52-119-86(111)92-46-23-15-14-22-45-91-73(101)33-26-49-118-85-63(3)79(107)82(110)70(59-96)122-85/h61-64,67-70,77-85,94-96,105-110H,8-60H2,1-7H3,(H,89,99)(H,90,100)(H,91,101)(H,92,111)/t61?,62?,63?,64-,67+,68?,69?,70?,77?,78?,79?,80?,81?,82?,83?,84?,85?,88?/m1/s1. The van der Waals surface area contributed by atoms with Crippen LogP contribution in [0.1, 0.15) is 272 Å². The van der Waals surface area contributed by atoms with E-state index in [1.54, 1.807) is 56.6 Å². The van der Waals surface area contributed by atoms with E-state index < -0.39 is 123 Å². The summed E-state index contributed by atoms with van der Waals surface area (Å²) in [6.07, 6.45) is 6.81. The van der Waals surface area contributed by atoms with E-state index in [1.165, 1.54) is 0 Å². The number of amides is 5. The van der Waals surface area contributed by atoms with Gasteiger partial charge >= 0.3 is 18.0 Å².